The van der Waals surface area contributed by atoms with Gasteiger partial charge in [0.1, 0.15) is 5.01 Å². The molecule has 2 aromatic rings. The Morgan fingerprint density at radius 3 is 2.64 bits per heavy atom. The van der Waals surface area contributed by atoms with Gasteiger partial charge in [-0.05, 0) is 25.1 Å². The molecule has 4 heteroatoms. The number of hydrogen-bond acceptors (Lipinski definition) is 4. The van der Waals surface area contributed by atoms with Gasteiger partial charge in [0.05, 0.1) is 28.1 Å². The van der Waals surface area contributed by atoms with Crippen LogP contribution in [0.5, 0.6) is 5.88 Å². The van der Waals surface area contributed by atoms with Crippen LogP contribution in [0.4, 0.5) is 0 Å². The minimum absolute atomic E-state index is 0.591. The molecule has 2 heterocycles. The van der Waals surface area contributed by atoms with Gasteiger partial charge in [-0.1, -0.05) is 36.4 Å². The third-order valence-corrected chi connectivity index (χ3v) is 4.56. The van der Waals surface area contributed by atoms with Crippen molar-refractivity contribution < 1.29 is 4.74 Å². The molecule has 1 aliphatic heterocycles. The topological polar surface area (TPSA) is 35.0 Å². The van der Waals surface area contributed by atoms with Gasteiger partial charge in [0.25, 0.3) is 0 Å². The second-order valence-corrected chi connectivity index (χ2v) is 5.95. The predicted molar refractivity (Wildman–Crippen MR) is 90.6 cm³/mol. The molecule has 0 saturated carbocycles. The molecule has 0 bridgehead atoms. The van der Waals surface area contributed by atoms with Crippen molar-refractivity contribution in [3.63, 3.8) is 0 Å². The molecule has 108 valence electrons. The van der Waals surface area contributed by atoms with E-state index in [2.05, 4.69) is 17.1 Å². The van der Waals surface area contributed by atoms with E-state index in [0.29, 0.717) is 12.5 Å². The summed E-state index contributed by atoms with van der Waals surface area (Å²) in [6.07, 6.45) is 0. The molecule has 4 rings (SSSR count). The maximum absolute atomic E-state index is 5.76. The van der Waals surface area contributed by atoms with Crippen molar-refractivity contribution in [2.24, 2.45) is 0 Å². The Balaban J connectivity index is 1.99. The molecule has 3 nitrogen and oxygen atoms in total. The number of para-hydroxylation sites is 1. The molecule has 0 saturated heterocycles. The normalized spacial score (nSPS) is 11.1. The van der Waals surface area contributed by atoms with E-state index in [0.717, 1.165) is 27.3 Å². The van der Waals surface area contributed by atoms with Crippen molar-refractivity contribution in [3.8, 4) is 27.7 Å². The zero-order chi connectivity index (χ0) is 14.9. The van der Waals surface area contributed by atoms with E-state index in [1.165, 1.54) is 4.70 Å². The van der Waals surface area contributed by atoms with E-state index >= 15 is 0 Å². The fraction of sp³-hybridized carbons (Fsp3) is 0.111. The highest BCUT2D eigenvalue weighted by Gasteiger charge is 2.22. The number of ether oxygens (including phenoxy) is 1. The van der Waals surface area contributed by atoms with Crippen LogP contribution in [0.25, 0.3) is 32.0 Å². The van der Waals surface area contributed by atoms with Gasteiger partial charge < -0.3 is 4.74 Å². The van der Waals surface area contributed by atoms with Crippen LogP contribution in [0.3, 0.4) is 0 Å². The Morgan fingerprint density at radius 2 is 1.77 bits per heavy atom. The van der Waals surface area contributed by atoms with Crippen LogP contribution in [-0.4, -0.2) is 16.6 Å². The quantitative estimate of drug-likeness (QED) is 0.542. The van der Waals surface area contributed by atoms with Crippen LogP contribution in [0, 0.1) is 0 Å². The molecule has 0 amide bonds. The number of aromatic nitrogens is 2. The largest absolute Gasteiger partial charge is 0.477 e. The molecule has 22 heavy (non-hydrogen) atoms. The molecule has 2 aliphatic rings. The van der Waals surface area contributed by atoms with E-state index in [1.807, 2.05) is 49.4 Å². The molecule has 0 fully saturated rings. The van der Waals surface area contributed by atoms with Gasteiger partial charge >= 0.3 is 0 Å². The van der Waals surface area contributed by atoms with Gasteiger partial charge in [0.15, 0.2) is 0 Å². The number of fused-ring (bicyclic) bond motifs is 2. The SMILES string of the molecule is CCOc1nc2cccccc-2c1-c1nc2ccccc2s1. The highest BCUT2D eigenvalue weighted by Crippen LogP contribution is 2.43. The predicted octanol–water partition coefficient (Wildman–Crippen LogP) is 4.86. The molecule has 1 aromatic heterocycles. The summed E-state index contributed by atoms with van der Waals surface area (Å²) >= 11 is 1.68. The van der Waals surface area contributed by atoms with Gasteiger partial charge in [0.2, 0.25) is 5.88 Å². The third-order valence-electron chi connectivity index (χ3n) is 3.51. The van der Waals surface area contributed by atoms with Crippen molar-refractivity contribution >= 4 is 21.6 Å². The summed E-state index contributed by atoms with van der Waals surface area (Å²) < 4.78 is 6.93. The van der Waals surface area contributed by atoms with E-state index in [1.54, 1.807) is 11.3 Å². The zero-order valence-electron chi connectivity index (χ0n) is 12.1. The molecular weight excluding hydrogens is 292 g/mol. The van der Waals surface area contributed by atoms with Crippen molar-refractivity contribution in [2.45, 2.75) is 6.92 Å². The summed E-state index contributed by atoms with van der Waals surface area (Å²) in [5.41, 5.74) is 4.02. The van der Waals surface area contributed by atoms with Crippen LogP contribution in [0.15, 0.2) is 54.6 Å². The second-order valence-electron chi connectivity index (χ2n) is 4.92. The number of rotatable bonds is 3. The van der Waals surface area contributed by atoms with Crippen molar-refractivity contribution in [1.29, 1.82) is 0 Å². The van der Waals surface area contributed by atoms with Crippen LogP contribution in [0.1, 0.15) is 6.92 Å². The van der Waals surface area contributed by atoms with Crippen molar-refractivity contribution in [1.82, 2.24) is 9.97 Å². The smallest absolute Gasteiger partial charge is 0.225 e. The molecule has 0 atom stereocenters. The Hall–Kier alpha value is -2.46. The Labute approximate surface area is 132 Å². The van der Waals surface area contributed by atoms with E-state index in [-0.39, 0.29) is 0 Å². The zero-order valence-corrected chi connectivity index (χ0v) is 12.9. The first-order valence-corrected chi connectivity index (χ1v) is 8.06. The first-order chi connectivity index (χ1) is 10.9. The van der Waals surface area contributed by atoms with Gasteiger partial charge in [-0.2, -0.15) is 0 Å². The average Bonchev–Trinajstić information content (AvgIpc) is 3.01. The molecule has 0 N–H and O–H groups in total. The van der Waals surface area contributed by atoms with Crippen LogP contribution in [0.2, 0.25) is 0 Å². The van der Waals surface area contributed by atoms with Gasteiger partial charge in [-0.25, -0.2) is 9.97 Å². The maximum atomic E-state index is 5.76. The Bertz CT molecular complexity index is 883. The summed E-state index contributed by atoms with van der Waals surface area (Å²) in [5.74, 6) is 0.669. The highest BCUT2D eigenvalue weighted by atomic mass is 32.1. The molecular formula is C18H14N2OS. The fourth-order valence-corrected chi connectivity index (χ4v) is 3.57. The van der Waals surface area contributed by atoms with E-state index in [4.69, 9.17) is 9.72 Å². The average molecular weight is 306 g/mol. The fourth-order valence-electron chi connectivity index (χ4n) is 2.55. The van der Waals surface area contributed by atoms with E-state index in [9.17, 15) is 0 Å². The highest BCUT2D eigenvalue weighted by molar-refractivity contribution is 7.21. The number of nitrogens with zero attached hydrogens (tertiary/aromatic N) is 2. The molecule has 1 aromatic carbocycles. The van der Waals surface area contributed by atoms with Crippen LogP contribution >= 0.6 is 11.3 Å². The number of benzene rings is 1. The van der Waals surface area contributed by atoms with Gasteiger partial charge in [-0.3, -0.25) is 0 Å². The first-order valence-electron chi connectivity index (χ1n) is 7.24. The lowest BCUT2D eigenvalue weighted by atomic mass is 10.1. The summed E-state index contributed by atoms with van der Waals surface area (Å²) in [6, 6.07) is 18.3. The standard InChI is InChI=1S/C18H14N2OS/c1-2-21-17-16(12-8-4-3-5-9-13(12)19-17)18-20-14-10-6-7-11-15(14)22-18/h3-11H,2H2,1H3. The molecule has 1 aliphatic carbocycles. The lowest BCUT2D eigenvalue weighted by molar-refractivity contribution is 0.330. The Kier molecular flexibility index (Phi) is 3.24. The summed E-state index contributed by atoms with van der Waals surface area (Å²) in [5, 5.41) is 0.957. The second kappa shape index (κ2) is 5.39. The summed E-state index contributed by atoms with van der Waals surface area (Å²) in [7, 11) is 0. The van der Waals surface area contributed by atoms with Crippen molar-refractivity contribution in [3.05, 3.63) is 54.6 Å². The van der Waals surface area contributed by atoms with Crippen LogP contribution < -0.4 is 4.74 Å². The minimum atomic E-state index is 0.591. The number of hydrogen-bond donors (Lipinski definition) is 0. The molecule has 0 spiro atoms. The van der Waals surface area contributed by atoms with Gasteiger partial charge in [-0.15, -0.1) is 11.3 Å². The molecule has 0 unspecified atom stereocenters. The first kappa shape index (κ1) is 13.2. The van der Waals surface area contributed by atoms with Gasteiger partial charge in [0, 0.05) is 5.56 Å². The number of thiazole rings is 1. The third kappa shape index (κ3) is 2.12. The van der Waals surface area contributed by atoms with E-state index < -0.39 is 0 Å². The minimum Gasteiger partial charge on any atom is -0.477 e. The van der Waals surface area contributed by atoms with Crippen LogP contribution in [-0.2, 0) is 0 Å². The van der Waals surface area contributed by atoms with Crippen molar-refractivity contribution in [2.75, 3.05) is 6.61 Å². The monoisotopic (exact) mass is 306 g/mol. The maximum Gasteiger partial charge on any atom is 0.225 e. The molecule has 0 radical (unpaired) electrons. The summed E-state index contributed by atoms with van der Waals surface area (Å²) in [4.78, 5) is 9.40. The lowest BCUT2D eigenvalue weighted by Gasteiger charge is -2.01. The summed E-state index contributed by atoms with van der Waals surface area (Å²) in [6.45, 7) is 2.56. The lowest BCUT2D eigenvalue weighted by Crippen LogP contribution is -1.92. The Morgan fingerprint density at radius 1 is 0.955 bits per heavy atom.